The highest BCUT2D eigenvalue weighted by Gasteiger charge is 2.00. The van der Waals surface area contributed by atoms with E-state index in [1.165, 1.54) is 18.2 Å². The van der Waals surface area contributed by atoms with E-state index >= 15 is 0 Å². The Morgan fingerprint density at radius 2 is 2.00 bits per heavy atom. The molecule has 3 N–H and O–H groups in total. The van der Waals surface area contributed by atoms with Gasteiger partial charge in [0, 0.05) is 12.1 Å². The number of rotatable bonds is 6. The summed E-state index contributed by atoms with van der Waals surface area (Å²) in [6.07, 6.45) is 4.47. The lowest BCUT2D eigenvalue weighted by Crippen LogP contribution is -2.24. The quantitative estimate of drug-likeness (QED) is 0.279. The van der Waals surface area contributed by atoms with Crippen molar-refractivity contribution in [1.29, 1.82) is 0 Å². The molecule has 0 aliphatic rings. The summed E-state index contributed by atoms with van der Waals surface area (Å²) in [6.45, 7) is 8.85. The Balaban J connectivity index is 4.01. The van der Waals surface area contributed by atoms with E-state index in [2.05, 4.69) is 18.5 Å². The highest BCUT2D eigenvalue weighted by Crippen LogP contribution is 2.03. The van der Waals surface area contributed by atoms with Crippen LogP contribution >= 0.6 is 0 Å². The monoisotopic (exact) mass is 223 g/mol. The van der Waals surface area contributed by atoms with Crippen LogP contribution in [0.2, 0.25) is 0 Å². The highest BCUT2D eigenvalue weighted by molar-refractivity contribution is 5.92. The maximum Gasteiger partial charge on any atom is 0.246 e. The second kappa shape index (κ2) is 7.34. The zero-order valence-electron chi connectivity index (χ0n) is 9.36. The zero-order valence-corrected chi connectivity index (χ0v) is 9.36. The van der Waals surface area contributed by atoms with Crippen molar-refractivity contribution in [3.63, 3.8) is 0 Å². The summed E-state index contributed by atoms with van der Waals surface area (Å²) in [4.78, 5) is 11.1. The number of hydrogen-bond acceptors (Lipinski definition) is 3. The van der Waals surface area contributed by atoms with E-state index in [0.717, 1.165) is 0 Å². The van der Waals surface area contributed by atoms with Crippen molar-refractivity contribution in [3.05, 3.63) is 48.5 Å². The molecule has 0 bridgehead atoms. The Bertz CT molecular complexity index is 340. The predicted octanol–water partition coefficient (Wildman–Crippen LogP) is 2.14. The summed E-state index contributed by atoms with van der Waals surface area (Å²) in [5.74, 6) is -0.704. The number of aliphatic hydroxyl groups excluding tert-OH is 2. The molecule has 0 spiro atoms. The van der Waals surface area contributed by atoms with Crippen LogP contribution in [0.5, 0.6) is 0 Å². The molecule has 88 valence electrons. The van der Waals surface area contributed by atoms with Crippen molar-refractivity contribution in [1.82, 2.24) is 5.32 Å². The number of nitrogens with one attached hydrogen (secondary N) is 1. The fourth-order valence-corrected chi connectivity index (χ4v) is 0.847. The van der Waals surface area contributed by atoms with E-state index in [-0.39, 0.29) is 17.4 Å². The third-order valence-corrected chi connectivity index (χ3v) is 1.69. The molecule has 0 aromatic rings. The number of carbonyl (C=O) groups is 1. The van der Waals surface area contributed by atoms with Crippen molar-refractivity contribution < 1.29 is 15.0 Å². The number of aliphatic hydroxyl groups is 2. The Morgan fingerprint density at radius 3 is 2.50 bits per heavy atom. The third-order valence-electron chi connectivity index (χ3n) is 1.69. The molecule has 0 saturated carbocycles. The number of amides is 1. The zero-order chi connectivity index (χ0) is 12.6. The maximum absolute atomic E-state index is 11.1. The van der Waals surface area contributed by atoms with E-state index < -0.39 is 0 Å². The van der Waals surface area contributed by atoms with Crippen molar-refractivity contribution in [2.45, 2.75) is 13.3 Å². The van der Waals surface area contributed by atoms with Gasteiger partial charge in [-0.15, -0.1) is 0 Å². The minimum absolute atomic E-state index is 0.223. The molecule has 0 aromatic carbocycles. The molecular weight excluding hydrogens is 206 g/mol. The van der Waals surface area contributed by atoms with Crippen molar-refractivity contribution in [3.8, 4) is 0 Å². The summed E-state index contributed by atoms with van der Waals surface area (Å²) in [5, 5.41) is 21.1. The first-order valence-electron chi connectivity index (χ1n) is 4.84. The van der Waals surface area contributed by atoms with Gasteiger partial charge in [0.25, 0.3) is 0 Å². The number of hydrogen-bond donors (Lipinski definition) is 3. The van der Waals surface area contributed by atoms with Gasteiger partial charge < -0.3 is 15.5 Å². The van der Waals surface area contributed by atoms with Gasteiger partial charge in [0.15, 0.2) is 11.5 Å². The Hall–Kier alpha value is -1.97. The normalized spacial score (nSPS) is 12.1. The standard InChI is InChI=1S/C12H17NO3/c1-4-6-10(14)11(15)7-5-8-13-12(16)9(2)3/h4,6-7,14-15H,1-2,5,8H2,3H3,(H,13,16)/b10-6+,11-7+. The van der Waals surface area contributed by atoms with Crippen LogP contribution in [-0.4, -0.2) is 22.7 Å². The van der Waals surface area contributed by atoms with Gasteiger partial charge >= 0.3 is 0 Å². The van der Waals surface area contributed by atoms with E-state index in [0.29, 0.717) is 18.5 Å². The van der Waals surface area contributed by atoms with Gasteiger partial charge in [-0.2, -0.15) is 0 Å². The van der Waals surface area contributed by atoms with Crippen molar-refractivity contribution in [2.75, 3.05) is 6.54 Å². The van der Waals surface area contributed by atoms with Crippen LogP contribution in [0.15, 0.2) is 48.5 Å². The third kappa shape index (κ3) is 5.70. The molecule has 0 rings (SSSR count). The first kappa shape index (κ1) is 14.0. The largest absolute Gasteiger partial charge is 0.504 e. The van der Waals surface area contributed by atoms with Gasteiger partial charge in [-0.1, -0.05) is 19.2 Å². The van der Waals surface area contributed by atoms with E-state index in [1.54, 1.807) is 6.92 Å². The summed E-state index contributed by atoms with van der Waals surface area (Å²) in [5.41, 5.74) is 0.433. The Labute approximate surface area is 95.3 Å². The molecule has 0 atom stereocenters. The van der Waals surface area contributed by atoms with Gasteiger partial charge in [-0.3, -0.25) is 4.79 Å². The maximum atomic E-state index is 11.1. The van der Waals surface area contributed by atoms with E-state index in [1.807, 2.05) is 0 Å². The molecule has 4 nitrogen and oxygen atoms in total. The lowest BCUT2D eigenvalue weighted by atomic mass is 10.3. The molecule has 0 aromatic heterocycles. The van der Waals surface area contributed by atoms with E-state index in [9.17, 15) is 15.0 Å². The summed E-state index contributed by atoms with van der Waals surface area (Å²) in [6, 6.07) is 0. The molecule has 16 heavy (non-hydrogen) atoms. The topological polar surface area (TPSA) is 69.6 Å². The minimum Gasteiger partial charge on any atom is -0.504 e. The summed E-state index contributed by atoms with van der Waals surface area (Å²) >= 11 is 0. The van der Waals surface area contributed by atoms with Gasteiger partial charge in [0.2, 0.25) is 5.91 Å². The second-order valence-electron chi connectivity index (χ2n) is 3.20. The molecule has 0 radical (unpaired) electrons. The van der Waals surface area contributed by atoms with E-state index in [4.69, 9.17) is 0 Å². The first-order valence-corrected chi connectivity index (χ1v) is 4.84. The lowest BCUT2D eigenvalue weighted by Gasteiger charge is -2.02. The van der Waals surface area contributed by atoms with Crippen LogP contribution in [0.4, 0.5) is 0 Å². The highest BCUT2D eigenvalue weighted by atomic mass is 16.3. The molecule has 0 saturated heterocycles. The van der Waals surface area contributed by atoms with Crippen LogP contribution in [-0.2, 0) is 4.79 Å². The fourth-order valence-electron chi connectivity index (χ4n) is 0.847. The fraction of sp³-hybridized carbons (Fsp3) is 0.250. The average Bonchev–Trinajstić information content (AvgIpc) is 2.23. The number of carbonyl (C=O) groups excluding carboxylic acids is 1. The predicted molar refractivity (Wildman–Crippen MR) is 64.1 cm³/mol. The van der Waals surface area contributed by atoms with Crippen molar-refractivity contribution >= 4 is 5.91 Å². The summed E-state index contributed by atoms with van der Waals surface area (Å²) in [7, 11) is 0. The smallest absolute Gasteiger partial charge is 0.246 e. The Kier molecular flexibility index (Phi) is 6.43. The molecule has 0 aliphatic carbocycles. The van der Waals surface area contributed by atoms with Gasteiger partial charge in [-0.25, -0.2) is 0 Å². The van der Waals surface area contributed by atoms with Gasteiger partial charge in [-0.05, 0) is 25.5 Å². The van der Waals surface area contributed by atoms with Crippen LogP contribution in [0.1, 0.15) is 13.3 Å². The molecule has 0 fully saturated rings. The second-order valence-corrected chi connectivity index (χ2v) is 3.20. The van der Waals surface area contributed by atoms with Crippen LogP contribution in [0.3, 0.4) is 0 Å². The first-order chi connectivity index (χ1) is 7.49. The molecule has 0 unspecified atom stereocenters. The van der Waals surface area contributed by atoms with Crippen LogP contribution < -0.4 is 5.32 Å². The number of allylic oxidation sites excluding steroid dienone is 2. The minimum atomic E-state index is -0.249. The average molecular weight is 223 g/mol. The van der Waals surface area contributed by atoms with Gasteiger partial charge in [0.05, 0.1) is 0 Å². The SMILES string of the molecule is C=C/C=C(O)\C(O)=C/CCNC(=O)C(=C)C. The Morgan fingerprint density at radius 1 is 1.38 bits per heavy atom. The molecule has 1 amide bonds. The van der Waals surface area contributed by atoms with Crippen molar-refractivity contribution in [2.24, 2.45) is 0 Å². The molecule has 0 aliphatic heterocycles. The molecule has 4 heteroatoms. The van der Waals surface area contributed by atoms with Crippen LogP contribution in [0.25, 0.3) is 0 Å². The summed E-state index contributed by atoms with van der Waals surface area (Å²) < 4.78 is 0. The van der Waals surface area contributed by atoms with Crippen LogP contribution in [0, 0.1) is 0 Å². The van der Waals surface area contributed by atoms with Gasteiger partial charge in [0.1, 0.15) is 0 Å². The lowest BCUT2D eigenvalue weighted by molar-refractivity contribution is -0.117. The molecular formula is C12H17NO3. The molecule has 0 heterocycles.